The maximum Gasteiger partial charge on any atom is 0.230 e. The number of nitrogens with two attached hydrogens (primary N) is 1. The van der Waals surface area contributed by atoms with Gasteiger partial charge in [-0.05, 0) is 46.1 Å². The van der Waals surface area contributed by atoms with Gasteiger partial charge in [0.25, 0.3) is 0 Å². The van der Waals surface area contributed by atoms with Crippen molar-refractivity contribution in [2.24, 2.45) is 11.1 Å². The summed E-state index contributed by atoms with van der Waals surface area (Å²) < 4.78 is 0. The molecule has 110 valence electrons. The van der Waals surface area contributed by atoms with Crippen LogP contribution in [0.15, 0.2) is 30.3 Å². The molecule has 0 radical (unpaired) electrons. The maximum atomic E-state index is 12.9. The lowest BCUT2D eigenvalue weighted by Crippen LogP contribution is -2.56. The summed E-state index contributed by atoms with van der Waals surface area (Å²) in [6, 6.07) is 10.6. The van der Waals surface area contributed by atoms with Crippen molar-refractivity contribution in [3.05, 3.63) is 35.9 Å². The molecule has 0 unspecified atom stereocenters. The fourth-order valence-corrected chi connectivity index (χ4v) is 2.17. The minimum atomic E-state index is -0.565. The van der Waals surface area contributed by atoms with Gasteiger partial charge in [0.15, 0.2) is 0 Å². The van der Waals surface area contributed by atoms with E-state index in [1.54, 1.807) is 0 Å². The minimum Gasteiger partial charge on any atom is -0.335 e. The molecule has 1 amide bonds. The summed E-state index contributed by atoms with van der Waals surface area (Å²) in [5.41, 5.74) is 6.30. The van der Waals surface area contributed by atoms with Crippen LogP contribution in [0.3, 0.4) is 0 Å². The van der Waals surface area contributed by atoms with E-state index >= 15 is 0 Å². The molecule has 20 heavy (non-hydrogen) atoms. The molecular formula is C17H26N2O. The Morgan fingerprint density at radius 3 is 2.20 bits per heavy atom. The Hall–Kier alpha value is -1.35. The van der Waals surface area contributed by atoms with Gasteiger partial charge in [-0.1, -0.05) is 30.3 Å². The van der Waals surface area contributed by atoms with E-state index in [0.717, 1.165) is 12.8 Å². The molecule has 1 aliphatic carbocycles. The number of rotatable bonds is 5. The molecule has 0 aliphatic heterocycles. The highest BCUT2D eigenvalue weighted by Gasteiger charge is 2.46. The van der Waals surface area contributed by atoms with Crippen molar-refractivity contribution in [1.82, 2.24) is 4.90 Å². The first-order chi connectivity index (χ1) is 9.23. The molecule has 2 rings (SSSR count). The lowest BCUT2D eigenvalue weighted by Gasteiger charge is -2.41. The van der Waals surface area contributed by atoms with E-state index < -0.39 is 11.0 Å². The van der Waals surface area contributed by atoms with Crippen LogP contribution in [-0.2, 0) is 11.3 Å². The van der Waals surface area contributed by atoms with Gasteiger partial charge in [0, 0.05) is 18.1 Å². The fourth-order valence-electron chi connectivity index (χ4n) is 2.17. The highest BCUT2D eigenvalue weighted by molar-refractivity contribution is 5.84. The summed E-state index contributed by atoms with van der Waals surface area (Å²) >= 11 is 0. The van der Waals surface area contributed by atoms with Crippen LogP contribution in [-0.4, -0.2) is 22.4 Å². The minimum absolute atomic E-state index is 0.163. The van der Waals surface area contributed by atoms with E-state index in [1.165, 1.54) is 5.56 Å². The molecular weight excluding hydrogens is 248 g/mol. The second-order valence-corrected chi connectivity index (χ2v) is 7.00. The van der Waals surface area contributed by atoms with Gasteiger partial charge >= 0.3 is 0 Å². The summed E-state index contributed by atoms with van der Waals surface area (Å²) in [6.45, 7) is 8.45. The number of benzene rings is 1. The van der Waals surface area contributed by atoms with Crippen molar-refractivity contribution in [2.75, 3.05) is 0 Å². The predicted molar refractivity (Wildman–Crippen MR) is 82.1 cm³/mol. The first-order valence-corrected chi connectivity index (χ1v) is 7.37. The van der Waals surface area contributed by atoms with Crippen LogP contribution in [0.4, 0.5) is 0 Å². The van der Waals surface area contributed by atoms with Gasteiger partial charge in [0.05, 0.1) is 5.41 Å². The highest BCUT2D eigenvalue weighted by atomic mass is 16.2. The molecule has 0 saturated heterocycles. The lowest BCUT2D eigenvalue weighted by molar-refractivity contribution is -0.144. The fraction of sp³-hybridized carbons (Fsp3) is 0.588. The molecule has 0 aromatic heterocycles. The smallest absolute Gasteiger partial charge is 0.230 e. The zero-order valence-corrected chi connectivity index (χ0v) is 13.0. The van der Waals surface area contributed by atoms with Crippen molar-refractivity contribution in [2.45, 2.75) is 58.7 Å². The van der Waals surface area contributed by atoms with Gasteiger partial charge in [-0.2, -0.15) is 0 Å². The number of hydrogen-bond acceptors (Lipinski definition) is 2. The Bertz CT molecular complexity index is 470. The van der Waals surface area contributed by atoms with Crippen LogP contribution in [0, 0.1) is 5.41 Å². The molecule has 1 fully saturated rings. The average molecular weight is 274 g/mol. The van der Waals surface area contributed by atoms with Crippen LogP contribution < -0.4 is 5.73 Å². The SMILES string of the molecule is CC(C)(N)C(C)(C)C(=O)N(Cc1ccccc1)C1CC1. The third kappa shape index (κ3) is 3.04. The Morgan fingerprint density at radius 1 is 1.20 bits per heavy atom. The first-order valence-electron chi connectivity index (χ1n) is 7.37. The third-order valence-electron chi connectivity index (χ3n) is 4.59. The van der Waals surface area contributed by atoms with Crippen molar-refractivity contribution >= 4 is 5.91 Å². The quantitative estimate of drug-likeness (QED) is 0.897. The largest absolute Gasteiger partial charge is 0.335 e. The van der Waals surface area contributed by atoms with E-state index in [4.69, 9.17) is 5.73 Å². The summed E-state index contributed by atoms with van der Waals surface area (Å²) in [4.78, 5) is 15.0. The molecule has 1 aliphatic rings. The molecule has 3 nitrogen and oxygen atoms in total. The lowest BCUT2D eigenvalue weighted by atomic mass is 9.74. The molecule has 3 heteroatoms. The van der Waals surface area contributed by atoms with E-state index in [2.05, 4.69) is 12.1 Å². The van der Waals surface area contributed by atoms with Gasteiger partial charge in [-0.15, -0.1) is 0 Å². The molecule has 1 aromatic rings. The van der Waals surface area contributed by atoms with Gasteiger partial charge in [-0.3, -0.25) is 4.79 Å². The normalized spacial score (nSPS) is 16.1. The zero-order valence-electron chi connectivity index (χ0n) is 13.0. The first kappa shape index (κ1) is 15.0. The molecule has 0 heterocycles. The van der Waals surface area contributed by atoms with Crippen LogP contribution in [0.5, 0.6) is 0 Å². The summed E-state index contributed by atoms with van der Waals surface area (Å²) in [5, 5.41) is 0. The Balaban J connectivity index is 2.19. The number of carbonyl (C=O) groups excluding carboxylic acids is 1. The van der Waals surface area contributed by atoms with Crippen molar-refractivity contribution in [1.29, 1.82) is 0 Å². The molecule has 0 bridgehead atoms. The van der Waals surface area contributed by atoms with Gasteiger partial charge in [0.2, 0.25) is 5.91 Å². The van der Waals surface area contributed by atoms with Crippen molar-refractivity contribution in [3.63, 3.8) is 0 Å². The molecule has 1 saturated carbocycles. The summed E-state index contributed by atoms with van der Waals surface area (Å²) in [6.07, 6.45) is 2.22. The third-order valence-corrected chi connectivity index (χ3v) is 4.59. The maximum absolute atomic E-state index is 12.9. The van der Waals surface area contributed by atoms with Crippen LogP contribution in [0.2, 0.25) is 0 Å². The summed E-state index contributed by atoms with van der Waals surface area (Å²) in [7, 11) is 0. The van der Waals surface area contributed by atoms with E-state index in [1.807, 2.05) is 50.8 Å². The number of hydrogen-bond donors (Lipinski definition) is 1. The standard InChI is InChI=1S/C17H26N2O/c1-16(2,17(3,4)18)15(20)19(14-10-11-14)12-13-8-6-5-7-9-13/h5-9,14H,10-12,18H2,1-4H3. The Kier molecular flexibility index (Phi) is 3.92. The Labute approximate surface area is 122 Å². The predicted octanol–water partition coefficient (Wildman–Crippen LogP) is 2.94. The average Bonchev–Trinajstić information content (AvgIpc) is 3.19. The Morgan fingerprint density at radius 2 is 1.75 bits per heavy atom. The zero-order chi connectivity index (χ0) is 15.0. The number of carbonyl (C=O) groups is 1. The second-order valence-electron chi connectivity index (χ2n) is 7.00. The summed E-state index contributed by atoms with van der Waals surface area (Å²) in [5.74, 6) is 0.163. The highest BCUT2D eigenvalue weighted by Crippen LogP contribution is 2.36. The van der Waals surface area contributed by atoms with Crippen LogP contribution in [0.1, 0.15) is 46.1 Å². The van der Waals surface area contributed by atoms with E-state index in [9.17, 15) is 4.79 Å². The number of nitrogens with zero attached hydrogens (tertiary/aromatic N) is 1. The van der Waals surface area contributed by atoms with Gasteiger partial charge < -0.3 is 10.6 Å². The number of amides is 1. The molecule has 0 spiro atoms. The topological polar surface area (TPSA) is 46.3 Å². The van der Waals surface area contributed by atoms with Crippen molar-refractivity contribution in [3.8, 4) is 0 Å². The van der Waals surface area contributed by atoms with E-state index in [-0.39, 0.29) is 5.91 Å². The molecule has 1 aromatic carbocycles. The van der Waals surface area contributed by atoms with Gasteiger partial charge in [0.1, 0.15) is 0 Å². The molecule has 0 atom stereocenters. The van der Waals surface area contributed by atoms with Crippen LogP contribution >= 0.6 is 0 Å². The second kappa shape index (κ2) is 5.21. The van der Waals surface area contributed by atoms with Crippen LogP contribution in [0.25, 0.3) is 0 Å². The van der Waals surface area contributed by atoms with Gasteiger partial charge in [-0.25, -0.2) is 0 Å². The monoisotopic (exact) mass is 274 g/mol. The van der Waals surface area contributed by atoms with E-state index in [0.29, 0.717) is 12.6 Å². The van der Waals surface area contributed by atoms with Crippen molar-refractivity contribution < 1.29 is 4.79 Å². The molecule has 2 N–H and O–H groups in total.